The molecule has 2 atom stereocenters. The molecular weight excluding hydrogens is 316 g/mol. The third-order valence-corrected chi connectivity index (χ3v) is 4.70. The number of piperidine rings is 1. The standard InChI is InChI=1S/C20H22N2O3/c1-22-18(23)13-12-17(19(22)14-6-4-3-5-7-14)20(24)21-15-8-10-16(25-2)11-9-15/h3-11,17,19H,12-13H2,1-2H3,(H,21,24)/t17-,19-/m1/s1. The van der Waals surface area contributed by atoms with Crippen LogP contribution in [0.3, 0.4) is 0 Å². The number of carbonyl (C=O) groups is 2. The monoisotopic (exact) mass is 338 g/mol. The lowest BCUT2D eigenvalue weighted by Crippen LogP contribution is -2.44. The van der Waals surface area contributed by atoms with Crippen LogP contribution in [-0.4, -0.2) is 30.9 Å². The maximum Gasteiger partial charge on any atom is 0.229 e. The van der Waals surface area contributed by atoms with Gasteiger partial charge in [-0.15, -0.1) is 0 Å². The molecular formula is C20H22N2O3. The minimum atomic E-state index is -0.285. The average Bonchev–Trinajstić information content (AvgIpc) is 2.65. The molecule has 0 bridgehead atoms. The lowest BCUT2D eigenvalue weighted by Gasteiger charge is -2.38. The van der Waals surface area contributed by atoms with E-state index in [1.165, 1.54) is 0 Å². The Balaban J connectivity index is 1.82. The summed E-state index contributed by atoms with van der Waals surface area (Å²) >= 11 is 0. The molecule has 130 valence electrons. The van der Waals surface area contributed by atoms with Crippen LogP contribution in [0.1, 0.15) is 24.4 Å². The molecule has 0 aromatic heterocycles. The van der Waals surface area contributed by atoms with Crippen molar-refractivity contribution in [1.29, 1.82) is 0 Å². The molecule has 2 aromatic carbocycles. The highest BCUT2D eigenvalue weighted by atomic mass is 16.5. The molecule has 3 rings (SSSR count). The molecule has 0 spiro atoms. The van der Waals surface area contributed by atoms with E-state index in [2.05, 4.69) is 5.32 Å². The van der Waals surface area contributed by atoms with Gasteiger partial charge in [-0.05, 0) is 36.2 Å². The fraction of sp³-hybridized carbons (Fsp3) is 0.300. The number of hydrogen-bond donors (Lipinski definition) is 1. The second kappa shape index (κ2) is 7.38. The summed E-state index contributed by atoms with van der Waals surface area (Å²) in [6.07, 6.45) is 0.936. The first kappa shape index (κ1) is 17.0. The Kier molecular flexibility index (Phi) is 5.03. The average molecular weight is 338 g/mol. The molecule has 2 amide bonds. The van der Waals surface area contributed by atoms with Crippen molar-refractivity contribution in [1.82, 2.24) is 4.90 Å². The maximum atomic E-state index is 12.9. The lowest BCUT2D eigenvalue weighted by atomic mass is 9.84. The number of hydrogen-bond acceptors (Lipinski definition) is 3. The second-order valence-electron chi connectivity index (χ2n) is 6.22. The summed E-state index contributed by atoms with van der Waals surface area (Å²) in [5.74, 6) is 0.455. The van der Waals surface area contributed by atoms with E-state index in [-0.39, 0.29) is 23.8 Å². The quantitative estimate of drug-likeness (QED) is 0.931. The van der Waals surface area contributed by atoms with E-state index >= 15 is 0 Å². The summed E-state index contributed by atoms with van der Waals surface area (Å²) in [5, 5.41) is 2.97. The minimum absolute atomic E-state index is 0.0710. The van der Waals surface area contributed by atoms with Crippen molar-refractivity contribution >= 4 is 17.5 Å². The molecule has 0 unspecified atom stereocenters. The molecule has 25 heavy (non-hydrogen) atoms. The van der Waals surface area contributed by atoms with Crippen LogP contribution in [0.5, 0.6) is 5.75 Å². The second-order valence-corrected chi connectivity index (χ2v) is 6.22. The number of methoxy groups -OCH3 is 1. The van der Waals surface area contributed by atoms with Gasteiger partial charge in [0.25, 0.3) is 0 Å². The van der Waals surface area contributed by atoms with E-state index in [9.17, 15) is 9.59 Å². The predicted molar refractivity (Wildman–Crippen MR) is 96.3 cm³/mol. The number of anilines is 1. The molecule has 1 aliphatic heterocycles. The Bertz CT molecular complexity index is 743. The van der Waals surface area contributed by atoms with Gasteiger partial charge in [-0.1, -0.05) is 30.3 Å². The van der Waals surface area contributed by atoms with Crippen LogP contribution in [0, 0.1) is 5.92 Å². The van der Waals surface area contributed by atoms with Gasteiger partial charge in [0.2, 0.25) is 11.8 Å². The summed E-state index contributed by atoms with van der Waals surface area (Å²) < 4.78 is 5.13. The van der Waals surface area contributed by atoms with Gasteiger partial charge in [-0.3, -0.25) is 9.59 Å². The molecule has 1 fully saturated rings. The molecule has 5 heteroatoms. The van der Waals surface area contributed by atoms with Crippen molar-refractivity contribution in [3.63, 3.8) is 0 Å². The predicted octanol–water partition coefficient (Wildman–Crippen LogP) is 3.24. The smallest absolute Gasteiger partial charge is 0.229 e. The van der Waals surface area contributed by atoms with Crippen LogP contribution >= 0.6 is 0 Å². The topological polar surface area (TPSA) is 58.6 Å². The first-order valence-electron chi connectivity index (χ1n) is 8.35. The zero-order valence-electron chi connectivity index (χ0n) is 14.4. The van der Waals surface area contributed by atoms with Gasteiger partial charge in [0.15, 0.2) is 0 Å². The van der Waals surface area contributed by atoms with Crippen molar-refractivity contribution < 1.29 is 14.3 Å². The molecule has 1 N–H and O–H groups in total. The third-order valence-electron chi connectivity index (χ3n) is 4.70. The first-order valence-corrected chi connectivity index (χ1v) is 8.35. The lowest BCUT2D eigenvalue weighted by molar-refractivity contribution is -0.140. The molecule has 1 aliphatic rings. The number of carbonyl (C=O) groups excluding carboxylic acids is 2. The largest absolute Gasteiger partial charge is 0.497 e. The zero-order valence-corrected chi connectivity index (χ0v) is 14.4. The molecule has 2 aromatic rings. The van der Waals surface area contributed by atoms with Gasteiger partial charge in [0.1, 0.15) is 5.75 Å². The highest BCUT2D eigenvalue weighted by Crippen LogP contribution is 2.36. The normalized spacial score (nSPS) is 20.2. The van der Waals surface area contributed by atoms with E-state index in [0.717, 1.165) is 17.0 Å². The van der Waals surface area contributed by atoms with Crippen LogP contribution in [-0.2, 0) is 9.59 Å². The molecule has 5 nitrogen and oxygen atoms in total. The van der Waals surface area contributed by atoms with E-state index in [4.69, 9.17) is 4.74 Å². The van der Waals surface area contributed by atoms with Crippen LogP contribution in [0.4, 0.5) is 5.69 Å². The van der Waals surface area contributed by atoms with Gasteiger partial charge >= 0.3 is 0 Å². The molecule has 1 heterocycles. The minimum Gasteiger partial charge on any atom is -0.497 e. The van der Waals surface area contributed by atoms with E-state index in [1.54, 1.807) is 31.2 Å². The Morgan fingerprint density at radius 3 is 2.44 bits per heavy atom. The molecule has 1 saturated heterocycles. The highest BCUT2D eigenvalue weighted by Gasteiger charge is 2.38. The van der Waals surface area contributed by atoms with Crippen molar-refractivity contribution in [3.8, 4) is 5.75 Å². The number of nitrogens with one attached hydrogen (secondary N) is 1. The number of nitrogens with zero attached hydrogens (tertiary/aromatic N) is 1. The summed E-state index contributed by atoms with van der Waals surface area (Å²) in [5.41, 5.74) is 1.70. The van der Waals surface area contributed by atoms with E-state index in [1.807, 2.05) is 42.5 Å². The van der Waals surface area contributed by atoms with Crippen LogP contribution in [0.15, 0.2) is 54.6 Å². The Hall–Kier alpha value is -2.82. The first-order chi connectivity index (χ1) is 12.1. The number of ether oxygens (including phenoxy) is 1. The van der Waals surface area contributed by atoms with E-state index < -0.39 is 0 Å². The van der Waals surface area contributed by atoms with Crippen LogP contribution in [0.25, 0.3) is 0 Å². The van der Waals surface area contributed by atoms with Crippen molar-refractivity contribution in [3.05, 3.63) is 60.2 Å². The van der Waals surface area contributed by atoms with Gasteiger partial charge in [-0.25, -0.2) is 0 Å². The Labute approximate surface area is 147 Å². The van der Waals surface area contributed by atoms with Gasteiger partial charge < -0.3 is 15.0 Å². The van der Waals surface area contributed by atoms with Crippen LogP contribution < -0.4 is 10.1 Å². The maximum absolute atomic E-state index is 12.9. The zero-order chi connectivity index (χ0) is 17.8. The van der Waals surface area contributed by atoms with Crippen molar-refractivity contribution in [2.24, 2.45) is 5.92 Å². The van der Waals surface area contributed by atoms with Gasteiger partial charge in [0.05, 0.1) is 19.1 Å². The third kappa shape index (κ3) is 3.65. The molecule has 0 radical (unpaired) electrons. The number of rotatable bonds is 4. The number of amides is 2. The van der Waals surface area contributed by atoms with Gasteiger partial charge in [-0.2, -0.15) is 0 Å². The van der Waals surface area contributed by atoms with E-state index in [0.29, 0.717) is 12.8 Å². The molecule has 0 saturated carbocycles. The summed E-state index contributed by atoms with van der Waals surface area (Å²) in [7, 11) is 3.37. The SMILES string of the molecule is COc1ccc(NC(=O)[C@@H]2CCC(=O)N(C)[C@@H]2c2ccccc2)cc1. The summed E-state index contributed by atoms with van der Waals surface area (Å²) in [6.45, 7) is 0. The van der Waals surface area contributed by atoms with Gasteiger partial charge in [0, 0.05) is 19.2 Å². The molecule has 0 aliphatic carbocycles. The summed E-state index contributed by atoms with van der Waals surface area (Å²) in [6, 6.07) is 16.7. The van der Waals surface area contributed by atoms with Crippen molar-refractivity contribution in [2.75, 3.05) is 19.5 Å². The fourth-order valence-electron chi connectivity index (χ4n) is 3.33. The van der Waals surface area contributed by atoms with Crippen molar-refractivity contribution in [2.45, 2.75) is 18.9 Å². The summed E-state index contributed by atoms with van der Waals surface area (Å²) in [4.78, 5) is 26.7. The highest BCUT2D eigenvalue weighted by molar-refractivity contribution is 5.94. The number of likely N-dealkylation sites (tertiary alicyclic amines) is 1. The van der Waals surface area contributed by atoms with Crippen LogP contribution in [0.2, 0.25) is 0 Å². The Morgan fingerprint density at radius 1 is 1.12 bits per heavy atom. The fourth-order valence-corrected chi connectivity index (χ4v) is 3.33. The Morgan fingerprint density at radius 2 is 1.80 bits per heavy atom. The number of benzene rings is 2.